The van der Waals surface area contributed by atoms with Crippen LogP contribution in [0.5, 0.6) is 5.75 Å². The number of carbonyl (C=O) groups excluding carboxylic acids is 1. The molecule has 0 spiro atoms. The summed E-state index contributed by atoms with van der Waals surface area (Å²) in [5, 5.41) is 14.6. The predicted octanol–water partition coefficient (Wildman–Crippen LogP) is 3.04. The third kappa shape index (κ3) is 4.59. The highest BCUT2D eigenvalue weighted by Crippen LogP contribution is 2.27. The molecule has 0 saturated heterocycles. The van der Waals surface area contributed by atoms with E-state index in [-0.39, 0.29) is 6.42 Å². The minimum Gasteiger partial charge on any atom is -0.497 e. The molecule has 6 heteroatoms. The first kappa shape index (κ1) is 21.4. The van der Waals surface area contributed by atoms with Crippen molar-refractivity contribution >= 4 is 24.0 Å². The second-order valence-electron chi connectivity index (χ2n) is 7.83. The number of amides is 1. The highest BCUT2D eigenvalue weighted by molar-refractivity contribution is 5.98. The van der Waals surface area contributed by atoms with Crippen molar-refractivity contribution in [2.24, 2.45) is 0 Å². The molecule has 4 rings (SSSR count). The second-order valence-corrected chi connectivity index (χ2v) is 7.83. The van der Waals surface area contributed by atoms with E-state index in [2.05, 4.69) is 17.5 Å². The van der Waals surface area contributed by atoms with E-state index in [1.165, 1.54) is 0 Å². The summed E-state index contributed by atoms with van der Waals surface area (Å²) in [6, 6.07) is 13.8. The monoisotopic (exact) mass is 431 g/mol. The number of methoxy groups -OCH3 is 1. The molecule has 32 heavy (non-hydrogen) atoms. The van der Waals surface area contributed by atoms with Gasteiger partial charge in [-0.15, -0.1) is 0 Å². The molecule has 2 N–H and O–H groups in total. The van der Waals surface area contributed by atoms with Crippen molar-refractivity contribution in [3.05, 3.63) is 75.9 Å². The van der Waals surface area contributed by atoms with Gasteiger partial charge in [-0.1, -0.05) is 30.4 Å². The zero-order valence-corrected chi connectivity index (χ0v) is 18.1. The zero-order chi connectivity index (χ0) is 22.7. The quantitative estimate of drug-likeness (QED) is 0.600. The summed E-state index contributed by atoms with van der Waals surface area (Å²) in [4.78, 5) is 24.8. The molecule has 0 fully saturated rings. The summed E-state index contributed by atoms with van der Waals surface area (Å²) in [5.74, 6) is 0.122. The Morgan fingerprint density at radius 1 is 1.06 bits per heavy atom. The molecule has 6 nitrogen and oxygen atoms in total. The van der Waals surface area contributed by atoms with Gasteiger partial charge in [-0.2, -0.15) is 0 Å². The van der Waals surface area contributed by atoms with Gasteiger partial charge in [0.05, 0.1) is 12.7 Å². The molecule has 1 atom stereocenters. The van der Waals surface area contributed by atoms with E-state index < -0.39 is 17.9 Å². The third-order valence-corrected chi connectivity index (χ3v) is 5.63. The summed E-state index contributed by atoms with van der Waals surface area (Å²) < 4.78 is 10.9. The summed E-state index contributed by atoms with van der Waals surface area (Å²) in [6.45, 7) is 1.69. The lowest BCUT2D eigenvalue weighted by Gasteiger charge is -2.15. The van der Waals surface area contributed by atoms with Crippen LogP contribution in [0.2, 0.25) is 0 Å². The van der Waals surface area contributed by atoms with E-state index in [0.717, 1.165) is 40.2 Å². The normalized spacial score (nSPS) is 13.3. The standard InChI is InChI=1S/C26H25NO5/c1-16-22(15-24(32-16)19-9-11-21(31-2)12-10-19)25(28)27-23(26(29)30)14-17-7-8-18-5-3-4-6-20(18)13-17/h5-13,15,23H,3-4,14H2,1-2H3,(H,27,28)(H,29,30)/t23-/m1/s1. The van der Waals surface area contributed by atoms with Crippen LogP contribution in [-0.4, -0.2) is 30.1 Å². The fourth-order valence-corrected chi connectivity index (χ4v) is 3.87. The molecule has 0 bridgehead atoms. The van der Waals surface area contributed by atoms with Crippen molar-refractivity contribution in [3.8, 4) is 17.1 Å². The first-order chi connectivity index (χ1) is 15.4. The van der Waals surface area contributed by atoms with Crippen LogP contribution in [-0.2, 0) is 11.2 Å². The van der Waals surface area contributed by atoms with Crippen LogP contribution in [0.1, 0.15) is 34.5 Å². The Bertz CT molecular complexity index is 1270. The number of ether oxygens (including phenoxy) is 1. The Hall–Kier alpha value is -3.80. The van der Waals surface area contributed by atoms with Crippen LogP contribution >= 0.6 is 0 Å². The summed E-state index contributed by atoms with van der Waals surface area (Å²) >= 11 is 0. The van der Waals surface area contributed by atoms with Crippen LogP contribution in [0.3, 0.4) is 0 Å². The molecule has 0 saturated carbocycles. The Morgan fingerprint density at radius 3 is 2.47 bits per heavy atom. The van der Waals surface area contributed by atoms with Crippen LogP contribution < -0.4 is 20.5 Å². The molecule has 0 unspecified atom stereocenters. The van der Waals surface area contributed by atoms with Crippen LogP contribution in [0.4, 0.5) is 0 Å². The molecular weight excluding hydrogens is 406 g/mol. The highest BCUT2D eigenvalue weighted by Gasteiger charge is 2.24. The molecule has 1 aliphatic carbocycles. The Morgan fingerprint density at radius 2 is 1.78 bits per heavy atom. The number of rotatable bonds is 7. The third-order valence-electron chi connectivity index (χ3n) is 5.63. The van der Waals surface area contributed by atoms with Crippen LogP contribution in [0, 0.1) is 6.92 Å². The van der Waals surface area contributed by atoms with Crippen molar-refractivity contribution in [2.45, 2.75) is 32.2 Å². The molecule has 0 aliphatic heterocycles. The van der Waals surface area contributed by atoms with Crippen LogP contribution in [0.25, 0.3) is 23.5 Å². The lowest BCUT2D eigenvalue weighted by atomic mass is 10.0. The van der Waals surface area contributed by atoms with E-state index in [1.807, 2.05) is 30.3 Å². The minimum atomic E-state index is -1.08. The maximum atomic E-state index is 12.9. The maximum Gasteiger partial charge on any atom is 0.326 e. The average Bonchev–Trinajstić information content (AvgIpc) is 3.20. The first-order valence-electron chi connectivity index (χ1n) is 10.5. The van der Waals surface area contributed by atoms with Gasteiger partial charge < -0.3 is 19.6 Å². The highest BCUT2D eigenvalue weighted by atomic mass is 16.5. The summed E-state index contributed by atoms with van der Waals surface area (Å²) in [6.07, 6.45) is 6.53. The number of carbonyl (C=O) groups is 2. The van der Waals surface area contributed by atoms with Gasteiger partial charge in [-0.25, -0.2) is 4.79 Å². The lowest BCUT2D eigenvalue weighted by molar-refractivity contribution is -0.139. The van der Waals surface area contributed by atoms with Gasteiger partial charge in [0, 0.05) is 12.0 Å². The Labute approximate surface area is 185 Å². The largest absolute Gasteiger partial charge is 0.497 e. The van der Waals surface area contributed by atoms with E-state index >= 15 is 0 Å². The van der Waals surface area contributed by atoms with E-state index in [4.69, 9.17) is 9.15 Å². The topological polar surface area (TPSA) is 88.8 Å². The van der Waals surface area contributed by atoms with Crippen LogP contribution in [0.15, 0.2) is 52.9 Å². The molecule has 2 aromatic carbocycles. The molecule has 3 aromatic rings. The van der Waals surface area contributed by atoms with Gasteiger partial charge in [0.2, 0.25) is 0 Å². The molecule has 1 heterocycles. The number of aryl methyl sites for hydroxylation is 1. The van der Waals surface area contributed by atoms with Gasteiger partial charge in [0.25, 0.3) is 5.91 Å². The summed E-state index contributed by atoms with van der Waals surface area (Å²) in [5.41, 5.74) is 1.98. The van der Waals surface area contributed by atoms with Gasteiger partial charge >= 0.3 is 5.97 Å². The van der Waals surface area contributed by atoms with Crippen molar-refractivity contribution in [1.82, 2.24) is 5.32 Å². The SMILES string of the molecule is COc1ccc(-c2cc(C(=O)N[C@H](Cc3ccc4c(c3)=CCCC=4)C(=O)O)c(C)o2)cc1. The fourth-order valence-electron chi connectivity index (χ4n) is 3.87. The van der Waals surface area contributed by atoms with Gasteiger partial charge in [-0.05, 0) is 66.1 Å². The molecule has 164 valence electrons. The number of carboxylic acid groups (broad SMARTS) is 1. The number of furan rings is 1. The van der Waals surface area contributed by atoms with E-state index in [0.29, 0.717) is 17.1 Å². The number of benzene rings is 2. The predicted molar refractivity (Wildman–Crippen MR) is 122 cm³/mol. The molecule has 0 radical (unpaired) electrons. The number of carboxylic acids is 1. The van der Waals surface area contributed by atoms with Crippen molar-refractivity contribution in [1.29, 1.82) is 0 Å². The first-order valence-corrected chi connectivity index (χ1v) is 10.5. The lowest BCUT2D eigenvalue weighted by Crippen LogP contribution is -2.42. The van der Waals surface area contributed by atoms with Crippen molar-refractivity contribution < 1.29 is 23.8 Å². The van der Waals surface area contributed by atoms with Gasteiger partial charge in [0.1, 0.15) is 23.3 Å². The number of aliphatic carboxylic acids is 1. The minimum absolute atomic E-state index is 0.199. The second kappa shape index (κ2) is 9.14. The smallest absolute Gasteiger partial charge is 0.326 e. The molecule has 1 aromatic heterocycles. The number of fused-ring (bicyclic) bond motifs is 1. The molecular formula is C26H25NO5. The number of nitrogens with one attached hydrogen (secondary N) is 1. The Balaban J connectivity index is 1.52. The Kier molecular flexibility index (Phi) is 6.12. The molecule has 1 aliphatic rings. The number of hydrogen-bond donors (Lipinski definition) is 2. The fraction of sp³-hybridized carbons (Fsp3) is 0.231. The summed E-state index contributed by atoms with van der Waals surface area (Å²) in [7, 11) is 1.59. The van der Waals surface area contributed by atoms with Crippen molar-refractivity contribution in [2.75, 3.05) is 7.11 Å². The van der Waals surface area contributed by atoms with E-state index in [9.17, 15) is 14.7 Å². The maximum absolute atomic E-state index is 12.9. The zero-order valence-electron chi connectivity index (χ0n) is 18.1. The van der Waals surface area contributed by atoms with E-state index in [1.54, 1.807) is 32.2 Å². The van der Waals surface area contributed by atoms with Gasteiger partial charge in [-0.3, -0.25) is 4.79 Å². The number of hydrogen-bond acceptors (Lipinski definition) is 4. The molecule has 1 amide bonds. The average molecular weight is 431 g/mol. The van der Waals surface area contributed by atoms with Crippen molar-refractivity contribution in [3.63, 3.8) is 0 Å². The van der Waals surface area contributed by atoms with Gasteiger partial charge in [0.15, 0.2) is 0 Å².